The van der Waals surface area contributed by atoms with Crippen LogP contribution in [0.5, 0.6) is 5.75 Å². The molecule has 2 aliphatic rings. The van der Waals surface area contributed by atoms with Crippen LogP contribution in [0.15, 0.2) is 54.6 Å². The standard InChI is InChI=1S/C27H35N3O3/c1-33-25-11-9-24(10-12-25)28-16-5-17-30(21-20-28)27(32)23-14-18-29(19-15-23)26(31)13-8-22-6-3-2-4-7-22/h2-4,6-7,9-12,23H,5,8,13-21H2,1H3. The fourth-order valence-corrected chi connectivity index (χ4v) is 4.88. The molecule has 0 aromatic heterocycles. The van der Waals surface area contributed by atoms with Crippen LogP contribution in [-0.2, 0) is 16.0 Å². The molecular weight excluding hydrogens is 414 g/mol. The van der Waals surface area contributed by atoms with Gasteiger partial charge in [0.15, 0.2) is 0 Å². The molecule has 0 bridgehead atoms. The van der Waals surface area contributed by atoms with E-state index >= 15 is 0 Å². The molecule has 2 heterocycles. The van der Waals surface area contributed by atoms with E-state index in [0.29, 0.717) is 19.5 Å². The molecule has 2 aromatic carbocycles. The number of hydrogen-bond acceptors (Lipinski definition) is 4. The molecule has 2 aliphatic heterocycles. The summed E-state index contributed by atoms with van der Waals surface area (Å²) in [6.45, 7) is 4.73. The normalized spacial score (nSPS) is 17.5. The number of nitrogens with zero attached hydrogens (tertiary/aromatic N) is 3. The summed E-state index contributed by atoms with van der Waals surface area (Å²) in [5.74, 6) is 1.36. The monoisotopic (exact) mass is 449 g/mol. The van der Waals surface area contributed by atoms with Crippen molar-refractivity contribution in [3.05, 3.63) is 60.2 Å². The van der Waals surface area contributed by atoms with Crippen molar-refractivity contribution in [1.82, 2.24) is 9.80 Å². The van der Waals surface area contributed by atoms with Crippen LogP contribution in [0.25, 0.3) is 0 Å². The van der Waals surface area contributed by atoms with Gasteiger partial charge in [-0.25, -0.2) is 0 Å². The molecule has 6 heteroatoms. The lowest BCUT2D eigenvalue weighted by atomic mass is 9.94. The Kier molecular flexibility index (Phi) is 7.87. The van der Waals surface area contributed by atoms with Gasteiger partial charge in [0.25, 0.3) is 0 Å². The first-order chi connectivity index (χ1) is 16.1. The van der Waals surface area contributed by atoms with Crippen molar-refractivity contribution in [2.24, 2.45) is 5.92 Å². The van der Waals surface area contributed by atoms with Gasteiger partial charge in [-0.15, -0.1) is 0 Å². The van der Waals surface area contributed by atoms with Crippen LogP contribution < -0.4 is 9.64 Å². The second-order valence-corrected chi connectivity index (χ2v) is 9.00. The van der Waals surface area contributed by atoms with Crippen molar-refractivity contribution >= 4 is 17.5 Å². The van der Waals surface area contributed by atoms with Gasteiger partial charge in [-0.05, 0) is 55.5 Å². The zero-order valence-corrected chi connectivity index (χ0v) is 19.6. The number of carbonyl (C=O) groups excluding carboxylic acids is 2. The summed E-state index contributed by atoms with van der Waals surface area (Å²) in [5, 5.41) is 0. The van der Waals surface area contributed by atoms with E-state index in [2.05, 4.69) is 29.2 Å². The minimum atomic E-state index is 0.0377. The van der Waals surface area contributed by atoms with E-state index in [1.165, 1.54) is 11.3 Å². The molecule has 0 unspecified atom stereocenters. The maximum Gasteiger partial charge on any atom is 0.225 e. The Balaban J connectivity index is 1.23. The number of methoxy groups -OCH3 is 1. The van der Waals surface area contributed by atoms with Crippen molar-refractivity contribution < 1.29 is 14.3 Å². The second kappa shape index (κ2) is 11.2. The summed E-state index contributed by atoms with van der Waals surface area (Å²) in [4.78, 5) is 32.2. The molecule has 2 saturated heterocycles. The number of amides is 2. The van der Waals surface area contributed by atoms with E-state index in [1.807, 2.05) is 40.1 Å². The van der Waals surface area contributed by atoms with Gasteiger partial charge in [0.2, 0.25) is 11.8 Å². The second-order valence-electron chi connectivity index (χ2n) is 9.00. The van der Waals surface area contributed by atoms with Crippen LogP contribution >= 0.6 is 0 Å². The van der Waals surface area contributed by atoms with Gasteiger partial charge in [0.05, 0.1) is 7.11 Å². The molecule has 2 amide bonds. The zero-order valence-electron chi connectivity index (χ0n) is 19.6. The lowest BCUT2D eigenvalue weighted by molar-refractivity contribution is -0.140. The number of piperidine rings is 1. The smallest absolute Gasteiger partial charge is 0.225 e. The summed E-state index contributed by atoms with van der Waals surface area (Å²) in [7, 11) is 1.68. The van der Waals surface area contributed by atoms with Gasteiger partial charge >= 0.3 is 0 Å². The van der Waals surface area contributed by atoms with E-state index in [0.717, 1.165) is 57.6 Å². The largest absolute Gasteiger partial charge is 0.497 e. The average Bonchev–Trinajstić information content (AvgIpc) is 3.14. The Morgan fingerprint density at radius 1 is 0.848 bits per heavy atom. The number of hydrogen-bond donors (Lipinski definition) is 0. The molecule has 176 valence electrons. The van der Waals surface area contributed by atoms with Crippen LogP contribution in [0.3, 0.4) is 0 Å². The topological polar surface area (TPSA) is 53.1 Å². The molecular formula is C27H35N3O3. The highest BCUT2D eigenvalue weighted by Gasteiger charge is 2.31. The van der Waals surface area contributed by atoms with Gasteiger partial charge < -0.3 is 19.4 Å². The van der Waals surface area contributed by atoms with E-state index in [9.17, 15) is 9.59 Å². The minimum Gasteiger partial charge on any atom is -0.497 e. The molecule has 0 radical (unpaired) electrons. The van der Waals surface area contributed by atoms with Crippen molar-refractivity contribution in [2.75, 3.05) is 51.3 Å². The molecule has 0 spiro atoms. The Morgan fingerprint density at radius 3 is 2.27 bits per heavy atom. The van der Waals surface area contributed by atoms with Gasteiger partial charge in [-0.2, -0.15) is 0 Å². The Morgan fingerprint density at radius 2 is 1.58 bits per heavy atom. The first kappa shape index (κ1) is 23.1. The average molecular weight is 450 g/mol. The Labute approximate surface area is 197 Å². The SMILES string of the molecule is COc1ccc(N2CCCN(C(=O)C3CCN(C(=O)CCc4ccccc4)CC3)CC2)cc1. The number of ether oxygens (including phenoxy) is 1. The molecule has 6 nitrogen and oxygen atoms in total. The number of carbonyl (C=O) groups is 2. The third kappa shape index (κ3) is 6.06. The van der Waals surface area contributed by atoms with E-state index in [4.69, 9.17) is 4.74 Å². The fourth-order valence-electron chi connectivity index (χ4n) is 4.88. The van der Waals surface area contributed by atoms with Crippen LogP contribution in [0.2, 0.25) is 0 Å². The molecule has 0 aliphatic carbocycles. The van der Waals surface area contributed by atoms with E-state index in [1.54, 1.807) is 7.11 Å². The van der Waals surface area contributed by atoms with E-state index in [-0.39, 0.29) is 17.7 Å². The maximum absolute atomic E-state index is 13.2. The first-order valence-corrected chi connectivity index (χ1v) is 12.1. The third-order valence-corrected chi connectivity index (χ3v) is 6.91. The Bertz CT molecular complexity index is 908. The van der Waals surface area contributed by atoms with Crippen LogP contribution in [0, 0.1) is 5.92 Å². The van der Waals surface area contributed by atoms with Crippen LogP contribution in [-0.4, -0.2) is 68.0 Å². The van der Waals surface area contributed by atoms with Gasteiger partial charge in [-0.3, -0.25) is 9.59 Å². The zero-order chi connectivity index (χ0) is 23.0. The highest BCUT2D eigenvalue weighted by atomic mass is 16.5. The molecule has 0 N–H and O–H groups in total. The fraction of sp³-hybridized carbons (Fsp3) is 0.481. The van der Waals surface area contributed by atoms with E-state index < -0.39 is 0 Å². The van der Waals surface area contributed by atoms with Crippen molar-refractivity contribution in [2.45, 2.75) is 32.1 Å². The van der Waals surface area contributed by atoms with Crippen molar-refractivity contribution in [3.63, 3.8) is 0 Å². The predicted molar refractivity (Wildman–Crippen MR) is 130 cm³/mol. The molecule has 0 saturated carbocycles. The highest BCUT2D eigenvalue weighted by molar-refractivity contribution is 5.80. The summed E-state index contributed by atoms with van der Waals surface area (Å²) in [5.41, 5.74) is 2.37. The van der Waals surface area contributed by atoms with Gasteiger partial charge in [0, 0.05) is 57.3 Å². The number of anilines is 1. The lowest BCUT2D eigenvalue weighted by Crippen LogP contribution is -2.45. The number of rotatable bonds is 6. The quantitative estimate of drug-likeness (QED) is 0.676. The summed E-state index contributed by atoms with van der Waals surface area (Å²) in [6.07, 6.45) is 3.82. The summed E-state index contributed by atoms with van der Waals surface area (Å²) >= 11 is 0. The van der Waals surface area contributed by atoms with Gasteiger partial charge in [-0.1, -0.05) is 30.3 Å². The number of aryl methyl sites for hydroxylation is 1. The van der Waals surface area contributed by atoms with Crippen LogP contribution in [0.4, 0.5) is 5.69 Å². The molecule has 4 rings (SSSR count). The van der Waals surface area contributed by atoms with Gasteiger partial charge in [0.1, 0.15) is 5.75 Å². The summed E-state index contributed by atoms with van der Waals surface area (Å²) in [6, 6.07) is 18.3. The molecule has 2 aromatic rings. The first-order valence-electron chi connectivity index (χ1n) is 12.1. The third-order valence-electron chi connectivity index (χ3n) is 6.91. The lowest BCUT2D eigenvalue weighted by Gasteiger charge is -2.34. The molecule has 33 heavy (non-hydrogen) atoms. The van der Waals surface area contributed by atoms with Crippen molar-refractivity contribution in [1.29, 1.82) is 0 Å². The highest BCUT2D eigenvalue weighted by Crippen LogP contribution is 2.24. The minimum absolute atomic E-state index is 0.0377. The predicted octanol–water partition coefficient (Wildman–Crippen LogP) is 3.61. The van der Waals surface area contributed by atoms with Crippen molar-refractivity contribution in [3.8, 4) is 5.75 Å². The molecule has 2 fully saturated rings. The maximum atomic E-state index is 13.2. The summed E-state index contributed by atoms with van der Waals surface area (Å²) < 4.78 is 5.26. The van der Waals surface area contributed by atoms with Crippen LogP contribution in [0.1, 0.15) is 31.2 Å². The number of likely N-dealkylation sites (tertiary alicyclic amines) is 1. The number of benzene rings is 2. The Hall–Kier alpha value is -3.02. The molecule has 0 atom stereocenters.